The van der Waals surface area contributed by atoms with Crippen LogP contribution in [-0.2, 0) is 9.47 Å². The Balaban J connectivity index is 2.38. The fourth-order valence-electron chi connectivity index (χ4n) is 3.23. The SMILES string of the molecule is C/C(=N/[Si](C)(C)C(C)(C)C)c1cc(N(COCC[Si](C)(C)C)COCC[Si](C)(C)C)n2nccc2n1. The summed E-state index contributed by atoms with van der Waals surface area (Å²) >= 11 is 0. The molecule has 0 aliphatic carbocycles. The Labute approximate surface area is 222 Å². The first-order chi connectivity index (χ1) is 16.4. The van der Waals surface area contributed by atoms with Crippen molar-refractivity contribution in [2.24, 2.45) is 4.66 Å². The summed E-state index contributed by atoms with van der Waals surface area (Å²) in [5.41, 5.74) is 2.67. The van der Waals surface area contributed by atoms with Crippen molar-refractivity contribution in [1.29, 1.82) is 0 Å². The molecule has 0 spiro atoms. The van der Waals surface area contributed by atoms with E-state index >= 15 is 0 Å². The van der Waals surface area contributed by atoms with Gasteiger partial charge in [-0.15, -0.1) is 0 Å². The lowest BCUT2D eigenvalue weighted by molar-refractivity contribution is 0.0942. The summed E-state index contributed by atoms with van der Waals surface area (Å²) < 4.78 is 19.5. The van der Waals surface area contributed by atoms with E-state index in [4.69, 9.17) is 19.1 Å². The van der Waals surface area contributed by atoms with Gasteiger partial charge in [0.15, 0.2) is 13.9 Å². The van der Waals surface area contributed by atoms with Crippen LogP contribution in [0.15, 0.2) is 23.0 Å². The predicted octanol–water partition coefficient (Wildman–Crippen LogP) is 6.97. The number of fused-ring (bicyclic) bond motifs is 1. The highest BCUT2D eigenvalue weighted by atomic mass is 28.3. The van der Waals surface area contributed by atoms with Gasteiger partial charge in [-0.05, 0) is 37.1 Å². The molecule has 0 radical (unpaired) electrons. The third-order valence-electron chi connectivity index (χ3n) is 6.80. The van der Waals surface area contributed by atoms with Crippen LogP contribution in [0.25, 0.3) is 5.65 Å². The second-order valence-corrected chi connectivity index (χ2v) is 29.9. The lowest BCUT2D eigenvalue weighted by Gasteiger charge is -2.33. The number of hydrogen-bond acceptors (Lipinski definition) is 6. The van der Waals surface area contributed by atoms with Crippen LogP contribution in [0.1, 0.15) is 33.4 Å². The molecular weight excluding hydrogens is 499 g/mol. The summed E-state index contributed by atoms with van der Waals surface area (Å²) in [5, 5.41) is 4.74. The van der Waals surface area contributed by atoms with Gasteiger partial charge in [-0.25, -0.2) is 4.98 Å². The van der Waals surface area contributed by atoms with E-state index in [9.17, 15) is 0 Å². The summed E-state index contributed by atoms with van der Waals surface area (Å²) in [6.07, 6.45) is 1.80. The fourth-order valence-corrected chi connectivity index (χ4v) is 6.03. The van der Waals surface area contributed by atoms with Gasteiger partial charge in [0.2, 0.25) is 0 Å². The molecule has 0 fully saturated rings. The molecule has 2 aromatic heterocycles. The Morgan fingerprint density at radius 1 is 0.944 bits per heavy atom. The van der Waals surface area contributed by atoms with Gasteiger partial charge in [0.1, 0.15) is 19.3 Å². The molecule has 0 amide bonds. The van der Waals surface area contributed by atoms with Crippen molar-refractivity contribution in [3.63, 3.8) is 0 Å². The van der Waals surface area contributed by atoms with E-state index in [1.165, 1.54) is 0 Å². The first kappa shape index (κ1) is 30.9. The van der Waals surface area contributed by atoms with Gasteiger partial charge in [0.25, 0.3) is 0 Å². The molecule has 36 heavy (non-hydrogen) atoms. The number of anilines is 1. The maximum absolute atomic E-state index is 6.18. The Morgan fingerprint density at radius 3 is 1.94 bits per heavy atom. The monoisotopic (exact) mass is 549 g/mol. The first-order valence-corrected chi connectivity index (χ1v) is 23.6. The Morgan fingerprint density at radius 2 is 1.47 bits per heavy atom. The van der Waals surface area contributed by atoms with Gasteiger partial charge < -0.3 is 19.0 Å². The molecule has 0 saturated carbocycles. The van der Waals surface area contributed by atoms with Crippen LogP contribution in [-0.4, -0.2) is 71.4 Å². The van der Waals surface area contributed by atoms with Crippen LogP contribution in [0.3, 0.4) is 0 Å². The average Bonchev–Trinajstić information content (AvgIpc) is 3.18. The topological polar surface area (TPSA) is 64.2 Å². The quantitative estimate of drug-likeness (QED) is 0.117. The third-order valence-corrected chi connectivity index (χ3v) is 14.8. The Hall–Kier alpha value is -1.34. The second-order valence-electron chi connectivity index (χ2n) is 13.8. The van der Waals surface area contributed by atoms with E-state index in [2.05, 4.69) is 96.1 Å². The van der Waals surface area contributed by atoms with Gasteiger partial charge in [-0.3, -0.25) is 0 Å². The lowest BCUT2D eigenvalue weighted by atomic mass is 10.2. The molecule has 10 heteroatoms. The highest BCUT2D eigenvalue weighted by Gasteiger charge is 2.35. The Bertz CT molecular complexity index is 995. The van der Waals surface area contributed by atoms with Crippen molar-refractivity contribution in [2.45, 2.75) is 97.2 Å². The van der Waals surface area contributed by atoms with E-state index in [-0.39, 0.29) is 5.04 Å². The summed E-state index contributed by atoms with van der Waals surface area (Å²) in [7, 11) is -4.20. The summed E-state index contributed by atoms with van der Waals surface area (Å²) in [5.74, 6) is 0.922. The zero-order valence-corrected chi connectivity index (χ0v) is 28.0. The highest BCUT2D eigenvalue weighted by Crippen LogP contribution is 2.37. The largest absolute Gasteiger partial charge is 0.361 e. The van der Waals surface area contributed by atoms with Crippen molar-refractivity contribution in [1.82, 2.24) is 14.6 Å². The van der Waals surface area contributed by atoms with E-state index < -0.39 is 24.4 Å². The van der Waals surface area contributed by atoms with E-state index in [1.807, 2.05) is 10.6 Å². The molecular formula is C26H51N5O2Si3. The number of aromatic nitrogens is 3. The van der Waals surface area contributed by atoms with Gasteiger partial charge in [-0.1, -0.05) is 60.1 Å². The van der Waals surface area contributed by atoms with Gasteiger partial charge >= 0.3 is 0 Å². The number of nitrogens with zero attached hydrogens (tertiary/aromatic N) is 5. The minimum atomic E-state index is -1.86. The summed E-state index contributed by atoms with van der Waals surface area (Å²) in [6.45, 7) is 30.2. The zero-order chi connectivity index (χ0) is 27.4. The molecule has 0 aliphatic heterocycles. The van der Waals surface area contributed by atoms with Crippen LogP contribution < -0.4 is 4.90 Å². The summed E-state index contributed by atoms with van der Waals surface area (Å²) in [4.78, 5) is 7.03. The van der Waals surface area contributed by atoms with Crippen molar-refractivity contribution in [3.8, 4) is 0 Å². The van der Waals surface area contributed by atoms with E-state index in [1.54, 1.807) is 6.20 Å². The fraction of sp³-hybridized carbons (Fsp3) is 0.731. The molecule has 0 unspecified atom stereocenters. The normalized spacial score (nSPS) is 14.1. The lowest BCUT2D eigenvalue weighted by Crippen LogP contribution is -2.36. The molecule has 204 valence electrons. The van der Waals surface area contributed by atoms with E-state index in [0.29, 0.717) is 13.5 Å². The third kappa shape index (κ3) is 9.51. The molecule has 0 atom stereocenters. The molecule has 0 saturated heterocycles. The second kappa shape index (κ2) is 12.0. The zero-order valence-electron chi connectivity index (χ0n) is 25.0. The van der Waals surface area contributed by atoms with Crippen LogP contribution in [0.4, 0.5) is 5.82 Å². The summed E-state index contributed by atoms with van der Waals surface area (Å²) in [6, 6.07) is 6.31. The smallest absolute Gasteiger partial charge is 0.181 e. The van der Waals surface area contributed by atoms with Crippen LogP contribution in [0.5, 0.6) is 0 Å². The minimum Gasteiger partial charge on any atom is -0.361 e. The van der Waals surface area contributed by atoms with Gasteiger partial charge in [0, 0.05) is 47.2 Å². The van der Waals surface area contributed by atoms with Crippen LogP contribution in [0, 0.1) is 0 Å². The molecule has 0 N–H and O–H groups in total. The Kier molecular flexibility index (Phi) is 10.3. The standard InChI is InChI=1S/C26H51N5O2Si3/c1-22(29-36(11,12)26(2,3)4)23-19-25(31-24(28-23)13-14-27-31)30(20-32-15-17-34(5,6)7)21-33-16-18-35(8,9)10/h13-14,19H,15-18,20-21H2,1-12H3/b29-22-. The van der Waals surface area contributed by atoms with Gasteiger partial charge in [-0.2, -0.15) is 9.61 Å². The molecule has 2 rings (SSSR count). The minimum absolute atomic E-state index is 0.165. The van der Waals surface area contributed by atoms with Crippen molar-refractivity contribution in [3.05, 3.63) is 24.0 Å². The number of ether oxygens (including phenoxy) is 2. The van der Waals surface area contributed by atoms with Crippen molar-refractivity contribution < 1.29 is 9.47 Å². The number of hydrogen-bond donors (Lipinski definition) is 0. The van der Waals surface area contributed by atoms with Crippen LogP contribution >= 0.6 is 0 Å². The molecule has 0 bridgehead atoms. The molecule has 2 heterocycles. The van der Waals surface area contributed by atoms with Crippen molar-refractivity contribution >= 4 is 41.6 Å². The highest BCUT2D eigenvalue weighted by molar-refractivity contribution is 6.79. The molecule has 0 aliphatic rings. The average molecular weight is 550 g/mol. The molecule has 7 nitrogen and oxygen atoms in total. The maximum atomic E-state index is 6.18. The molecule has 0 aromatic carbocycles. The predicted molar refractivity (Wildman–Crippen MR) is 163 cm³/mol. The van der Waals surface area contributed by atoms with E-state index in [0.717, 1.165) is 48.2 Å². The van der Waals surface area contributed by atoms with Gasteiger partial charge in [0.05, 0.1) is 11.9 Å². The first-order valence-electron chi connectivity index (χ1n) is 13.2. The van der Waals surface area contributed by atoms with Crippen molar-refractivity contribution in [2.75, 3.05) is 31.6 Å². The van der Waals surface area contributed by atoms with Crippen LogP contribution in [0.2, 0.25) is 69.5 Å². The molecule has 2 aromatic rings. The number of rotatable bonds is 13. The maximum Gasteiger partial charge on any atom is 0.181 e.